The van der Waals surface area contributed by atoms with E-state index in [-0.39, 0.29) is 23.4 Å². The molecule has 1 aromatic carbocycles. The predicted octanol–water partition coefficient (Wildman–Crippen LogP) is 4.17. The molecule has 20 heavy (non-hydrogen) atoms. The first kappa shape index (κ1) is 17.6. The van der Waals surface area contributed by atoms with Crippen LogP contribution in [-0.2, 0) is 11.2 Å². The van der Waals surface area contributed by atoms with Gasteiger partial charge in [0, 0.05) is 17.1 Å². The van der Waals surface area contributed by atoms with Crippen molar-refractivity contribution < 1.29 is 9.13 Å². The molecule has 0 aromatic heterocycles. The molecule has 0 spiro atoms. The summed E-state index contributed by atoms with van der Waals surface area (Å²) in [6.07, 6.45) is 0.782. The Morgan fingerprint density at radius 2 is 2.00 bits per heavy atom. The Hall–Kier alpha value is -0.450. The Balaban J connectivity index is 2.97. The number of rotatable bonds is 6. The fourth-order valence-electron chi connectivity index (χ4n) is 2.45. The van der Waals surface area contributed by atoms with Gasteiger partial charge in [0.25, 0.3) is 0 Å². The van der Waals surface area contributed by atoms with Gasteiger partial charge in [-0.1, -0.05) is 36.7 Å². The van der Waals surface area contributed by atoms with E-state index in [1.807, 2.05) is 14.0 Å². The van der Waals surface area contributed by atoms with Crippen molar-refractivity contribution in [2.24, 2.45) is 5.41 Å². The molecule has 0 saturated carbocycles. The van der Waals surface area contributed by atoms with Gasteiger partial charge >= 0.3 is 0 Å². The SMILES string of the molecule is CCOC(C(Cc1cc(F)ccc1Br)NC)C(C)(C)C. The maximum atomic E-state index is 13.4. The molecule has 2 unspecified atom stereocenters. The molecule has 2 nitrogen and oxygen atoms in total. The minimum absolute atomic E-state index is 0.0173. The summed E-state index contributed by atoms with van der Waals surface area (Å²) in [5.41, 5.74) is 0.974. The first-order chi connectivity index (χ1) is 9.29. The summed E-state index contributed by atoms with van der Waals surface area (Å²) in [5, 5.41) is 3.32. The van der Waals surface area contributed by atoms with Crippen molar-refractivity contribution in [3.8, 4) is 0 Å². The zero-order valence-corrected chi connectivity index (χ0v) is 14.6. The maximum absolute atomic E-state index is 13.4. The van der Waals surface area contributed by atoms with E-state index in [1.165, 1.54) is 6.07 Å². The average Bonchev–Trinajstić information content (AvgIpc) is 2.36. The summed E-state index contributed by atoms with van der Waals surface area (Å²) in [5.74, 6) is -0.207. The third kappa shape index (κ3) is 4.83. The van der Waals surface area contributed by atoms with E-state index in [9.17, 15) is 4.39 Å². The molecule has 0 bridgehead atoms. The van der Waals surface area contributed by atoms with Crippen LogP contribution in [0.1, 0.15) is 33.3 Å². The molecule has 1 N–H and O–H groups in total. The zero-order chi connectivity index (χ0) is 15.3. The van der Waals surface area contributed by atoms with E-state index in [0.29, 0.717) is 6.61 Å². The molecule has 0 fully saturated rings. The Morgan fingerprint density at radius 1 is 1.35 bits per heavy atom. The molecule has 0 aliphatic heterocycles. The lowest BCUT2D eigenvalue weighted by molar-refractivity contribution is -0.0341. The highest BCUT2D eigenvalue weighted by atomic mass is 79.9. The van der Waals surface area contributed by atoms with Crippen LogP contribution >= 0.6 is 15.9 Å². The van der Waals surface area contributed by atoms with Crippen LogP contribution in [0.15, 0.2) is 22.7 Å². The van der Waals surface area contributed by atoms with Crippen LogP contribution in [0.25, 0.3) is 0 Å². The van der Waals surface area contributed by atoms with E-state index in [0.717, 1.165) is 16.5 Å². The molecule has 2 atom stereocenters. The van der Waals surface area contributed by atoms with Crippen molar-refractivity contribution in [2.45, 2.75) is 46.3 Å². The van der Waals surface area contributed by atoms with Crippen molar-refractivity contribution in [3.05, 3.63) is 34.1 Å². The minimum atomic E-state index is -0.207. The van der Waals surface area contributed by atoms with Crippen LogP contribution in [0.5, 0.6) is 0 Å². The molecular weight excluding hydrogens is 321 g/mol. The lowest BCUT2D eigenvalue weighted by Gasteiger charge is -2.37. The monoisotopic (exact) mass is 345 g/mol. The second-order valence-electron chi connectivity index (χ2n) is 6.08. The average molecular weight is 346 g/mol. The van der Waals surface area contributed by atoms with Crippen LogP contribution in [0.4, 0.5) is 4.39 Å². The van der Waals surface area contributed by atoms with E-state index >= 15 is 0 Å². The van der Waals surface area contributed by atoms with Gasteiger partial charge in [-0.05, 0) is 49.6 Å². The standard InChI is InChI=1S/C16H25BrFNO/c1-6-20-15(16(2,3)4)14(19-5)10-11-9-12(18)7-8-13(11)17/h7-9,14-15,19H,6,10H2,1-5H3. The fraction of sp³-hybridized carbons (Fsp3) is 0.625. The van der Waals surface area contributed by atoms with E-state index in [1.54, 1.807) is 12.1 Å². The third-order valence-electron chi connectivity index (χ3n) is 3.38. The Labute approximate surface area is 130 Å². The first-order valence-corrected chi connectivity index (χ1v) is 7.81. The third-order valence-corrected chi connectivity index (χ3v) is 4.16. The minimum Gasteiger partial charge on any atom is -0.376 e. The highest BCUT2D eigenvalue weighted by molar-refractivity contribution is 9.10. The van der Waals surface area contributed by atoms with Gasteiger partial charge in [0.15, 0.2) is 0 Å². The second kappa shape index (κ2) is 7.53. The quantitative estimate of drug-likeness (QED) is 0.835. The van der Waals surface area contributed by atoms with Crippen LogP contribution < -0.4 is 5.32 Å². The van der Waals surface area contributed by atoms with Crippen LogP contribution in [0.2, 0.25) is 0 Å². The maximum Gasteiger partial charge on any atom is 0.123 e. The summed E-state index contributed by atoms with van der Waals surface area (Å²) >= 11 is 3.49. The van der Waals surface area contributed by atoms with Crippen molar-refractivity contribution in [1.29, 1.82) is 0 Å². The highest BCUT2D eigenvalue weighted by Crippen LogP contribution is 2.28. The number of likely N-dealkylation sites (N-methyl/N-ethyl adjacent to an activating group) is 1. The van der Waals surface area contributed by atoms with Gasteiger partial charge in [-0.15, -0.1) is 0 Å². The molecule has 0 radical (unpaired) electrons. The van der Waals surface area contributed by atoms with Gasteiger partial charge in [0.2, 0.25) is 0 Å². The van der Waals surface area contributed by atoms with Gasteiger partial charge in [-0.2, -0.15) is 0 Å². The molecule has 4 heteroatoms. The van der Waals surface area contributed by atoms with Crippen LogP contribution in [-0.4, -0.2) is 25.8 Å². The summed E-state index contributed by atoms with van der Waals surface area (Å²) in [6, 6.07) is 4.93. The predicted molar refractivity (Wildman–Crippen MR) is 85.5 cm³/mol. The van der Waals surface area contributed by atoms with Gasteiger partial charge in [-0.25, -0.2) is 4.39 Å². The topological polar surface area (TPSA) is 21.3 Å². The Kier molecular flexibility index (Phi) is 6.62. The first-order valence-electron chi connectivity index (χ1n) is 7.02. The summed E-state index contributed by atoms with van der Waals surface area (Å²) in [6.45, 7) is 9.17. The lowest BCUT2D eigenvalue weighted by Crippen LogP contribution is -2.48. The molecule has 0 saturated heterocycles. The summed E-state index contributed by atoms with van der Waals surface area (Å²) in [7, 11) is 1.93. The van der Waals surface area contributed by atoms with Crippen molar-refractivity contribution in [2.75, 3.05) is 13.7 Å². The van der Waals surface area contributed by atoms with Crippen molar-refractivity contribution in [3.63, 3.8) is 0 Å². The van der Waals surface area contributed by atoms with E-state index in [4.69, 9.17) is 4.74 Å². The lowest BCUT2D eigenvalue weighted by atomic mass is 9.82. The number of hydrogen-bond acceptors (Lipinski definition) is 2. The fourth-order valence-corrected chi connectivity index (χ4v) is 2.85. The summed E-state index contributed by atoms with van der Waals surface area (Å²) < 4.78 is 20.3. The Morgan fingerprint density at radius 3 is 2.50 bits per heavy atom. The highest BCUT2D eigenvalue weighted by Gasteiger charge is 2.32. The van der Waals surface area contributed by atoms with Gasteiger partial charge in [0.1, 0.15) is 5.82 Å². The molecule has 0 aliphatic rings. The van der Waals surface area contributed by atoms with Crippen molar-refractivity contribution >= 4 is 15.9 Å². The Bertz CT molecular complexity index is 431. The molecule has 114 valence electrons. The van der Waals surface area contributed by atoms with Crippen LogP contribution in [0.3, 0.4) is 0 Å². The molecule has 0 amide bonds. The van der Waals surface area contributed by atoms with Crippen molar-refractivity contribution in [1.82, 2.24) is 5.32 Å². The van der Waals surface area contributed by atoms with E-state index < -0.39 is 0 Å². The van der Waals surface area contributed by atoms with Crippen LogP contribution in [0, 0.1) is 11.2 Å². The van der Waals surface area contributed by atoms with Gasteiger partial charge in [-0.3, -0.25) is 0 Å². The molecule has 0 heterocycles. The molecule has 1 aromatic rings. The number of halogens is 2. The number of benzene rings is 1. The van der Waals surface area contributed by atoms with E-state index in [2.05, 4.69) is 42.0 Å². The smallest absolute Gasteiger partial charge is 0.123 e. The normalized spacial score (nSPS) is 15.2. The number of hydrogen-bond donors (Lipinski definition) is 1. The molecule has 1 rings (SSSR count). The second-order valence-corrected chi connectivity index (χ2v) is 6.93. The number of nitrogens with one attached hydrogen (secondary N) is 1. The largest absolute Gasteiger partial charge is 0.376 e. The van der Waals surface area contributed by atoms with Gasteiger partial charge in [0.05, 0.1) is 6.10 Å². The molecule has 0 aliphatic carbocycles. The van der Waals surface area contributed by atoms with Gasteiger partial charge < -0.3 is 10.1 Å². The molecular formula is C16H25BrFNO. The summed E-state index contributed by atoms with van der Waals surface area (Å²) in [4.78, 5) is 0. The zero-order valence-electron chi connectivity index (χ0n) is 13.0. The number of ether oxygens (including phenoxy) is 1.